The van der Waals surface area contributed by atoms with Crippen molar-refractivity contribution in [2.24, 2.45) is 0 Å². The number of benzene rings is 1. The van der Waals surface area contributed by atoms with E-state index < -0.39 is 0 Å². The minimum absolute atomic E-state index is 0.0605. The highest BCUT2D eigenvalue weighted by Gasteiger charge is 2.25. The summed E-state index contributed by atoms with van der Waals surface area (Å²) in [7, 11) is 0. The number of rotatable bonds is 5. The molecule has 1 fully saturated rings. The van der Waals surface area contributed by atoms with E-state index in [-0.39, 0.29) is 12.0 Å². The van der Waals surface area contributed by atoms with E-state index in [0.29, 0.717) is 19.7 Å². The molecule has 6 heteroatoms. The summed E-state index contributed by atoms with van der Waals surface area (Å²) in [5, 5.41) is 0. The van der Waals surface area contributed by atoms with Crippen molar-refractivity contribution < 1.29 is 9.53 Å². The van der Waals surface area contributed by atoms with Gasteiger partial charge in [0, 0.05) is 19.3 Å². The Morgan fingerprint density at radius 2 is 2.07 bits per heavy atom. The number of nitrogens with zero attached hydrogens (tertiary/aromatic N) is 4. The number of imidazole rings is 1. The van der Waals surface area contributed by atoms with Crippen LogP contribution in [0.25, 0.3) is 11.0 Å². The van der Waals surface area contributed by atoms with Gasteiger partial charge < -0.3 is 14.2 Å². The number of carbonyl (C=O) groups excluding carboxylic acids is 1. The fourth-order valence-corrected chi connectivity index (χ4v) is 3.62. The fraction of sp³-hybridized carbons (Fsp3) is 0.381. The molecule has 4 rings (SSSR count). The number of carbonyl (C=O) groups is 1. The number of hydrogen-bond donors (Lipinski definition) is 0. The molecule has 1 saturated heterocycles. The first-order valence-electron chi connectivity index (χ1n) is 9.42. The summed E-state index contributed by atoms with van der Waals surface area (Å²) in [5.41, 5.74) is 2.85. The number of piperidine rings is 1. The Morgan fingerprint density at radius 3 is 2.93 bits per heavy atom. The molecule has 1 unspecified atom stereocenters. The monoisotopic (exact) mass is 364 g/mol. The first-order valence-corrected chi connectivity index (χ1v) is 9.42. The summed E-state index contributed by atoms with van der Waals surface area (Å²) in [6.07, 6.45) is 3.77. The van der Waals surface area contributed by atoms with Gasteiger partial charge in [-0.3, -0.25) is 9.78 Å². The Labute approximate surface area is 158 Å². The molecule has 1 atom stereocenters. The van der Waals surface area contributed by atoms with Gasteiger partial charge >= 0.3 is 0 Å². The number of amides is 1. The highest BCUT2D eigenvalue weighted by molar-refractivity contribution is 5.81. The van der Waals surface area contributed by atoms with Crippen molar-refractivity contribution >= 4 is 16.9 Å². The maximum Gasteiger partial charge on any atom is 0.242 e. The Bertz CT molecular complexity index is 922. The second kappa shape index (κ2) is 7.88. The summed E-state index contributed by atoms with van der Waals surface area (Å²) >= 11 is 0. The molecule has 6 nitrogen and oxygen atoms in total. The number of aromatic nitrogens is 3. The molecule has 1 aliphatic rings. The molecular formula is C21H24N4O2. The van der Waals surface area contributed by atoms with E-state index in [4.69, 9.17) is 4.74 Å². The summed E-state index contributed by atoms with van der Waals surface area (Å²) in [6, 6.07) is 13.7. The molecule has 0 bridgehead atoms. The fourth-order valence-electron chi connectivity index (χ4n) is 3.62. The second-order valence-electron chi connectivity index (χ2n) is 6.97. The number of ether oxygens (including phenoxy) is 1. The molecule has 1 aliphatic heterocycles. The molecule has 0 saturated carbocycles. The smallest absolute Gasteiger partial charge is 0.242 e. The zero-order chi connectivity index (χ0) is 18.6. The lowest BCUT2D eigenvalue weighted by molar-refractivity contribution is -0.136. The quantitative estimate of drug-likeness (QED) is 0.698. The van der Waals surface area contributed by atoms with Gasteiger partial charge in [0.05, 0.1) is 29.4 Å². The number of para-hydroxylation sites is 2. The average Bonchev–Trinajstić information content (AvgIpc) is 3.03. The zero-order valence-corrected chi connectivity index (χ0v) is 15.5. The third-order valence-corrected chi connectivity index (χ3v) is 5.06. The van der Waals surface area contributed by atoms with Gasteiger partial charge in [0.15, 0.2) is 0 Å². The molecule has 1 aromatic carbocycles. The first kappa shape index (κ1) is 17.7. The van der Waals surface area contributed by atoms with Crippen molar-refractivity contribution in [3.63, 3.8) is 0 Å². The van der Waals surface area contributed by atoms with Crippen LogP contribution in [-0.4, -0.2) is 44.5 Å². The number of fused-ring (bicyclic) bond motifs is 1. The van der Waals surface area contributed by atoms with E-state index in [1.807, 2.05) is 58.9 Å². The van der Waals surface area contributed by atoms with Crippen LogP contribution in [0, 0.1) is 6.92 Å². The Morgan fingerprint density at radius 1 is 1.22 bits per heavy atom. The molecular weight excluding hydrogens is 340 g/mol. The lowest BCUT2D eigenvalue weighted by Crippen LogP contribution is -2.44. The molecule has 0 spiro atoms. The van der Waals surface area contributed by atoms with Crippen LogP contribution < -0.4 is 0 Å². The van der Waals surface area contributed by atoms with E-state index in [1.165, 1.54) is 0 Å². The van der Waals surface area contributed by atoms with Crippen LogP contribution in [-0.2, 0) is 22.7 Å². The number of aryl methyl sites for hydroxylation is 1. The Kier molecular flexibility index (Phi) is 5.16. The molecule has 0 radical (unpaired) electrons. The maximum atomic E-state index is 12.9. The third-order valence-electron chi connectivity index (χ3n) is 5.06. The van der Waals surface area contributed by atoms with E-state index in [0.717, 1.165) is 41.9 Å². The molecule has 0 aliphatic carbocycles. The van der Waals surface area contributed by atoms with Gasteiger partial charge in [-0.05, 0) is 44.0 Å². The molecule has 3 heterocycles. The second-order valence-corrected chi connectivity index (χ2v) is 6.97. The molecule has 27 heavy (non-hydrogen) atoms. The third kappa shape index (κ3) is 4.01. The van der Waals surface area contributed by atoms with Crippen LogP contribution in [0.1, 0.15) is 24.4 Å². The Balaban J connectivity index is 1.39. The molecule has 0 N–H and O–H groups in total. The predicted molar refractivity (Wildman–Crippen MR) is 103 cm³/mol. The minimum Gasteiger partial charge on any atom is -0.370 e. The normalized spacial score (nSPS) is 17.4. The van der Waals surface area contributed by atoms with Crippen molar-refractivity contribution in [1.29, 1.82) is 0 Å². The van der Waals surface area contributed by atoms with Crippen LogP contribution in [0.15, 0.2) is 48.7 Å². The molecule has 3 aromatic rings. The SMILES string of the molecule is Cc1nc2ccccc2n1CC(=O)N1CCCC(OCc2ccccn2)C1. The lowest BCUT2D eigenvalue weighted by atomic mass is 10.1. The van der Waals surface area contributed by atoms with Gasteiger partial charge in [-0.2, -0.15) is 0 Å². The largest absolute Gasteiger partial charge is 0.370 e. The summed E-state index contributed by atoms with van der Waals surface area (Å²) in [4.78, 5) is 23.6. The van der Waals surface area contributed by atoms with Crippen molar-refractivity contribution in [2.45, 2.75) is 39.0 Å². The van der Waals surface area contributed by atoms with E-state index in [1.54, 1.807) is 6.20 Å². The Hall–Kier alpha value is -2.73. The van der Waals surface area contributed by atoms with Crippen LogP contribution in [0.5, 0.6) is 0 Å². The zero-order valence-electron chi connectivity index (χ0n) is 15.5. The topological polar surface area (TPSA) is 60.2 Å². The van der Waals surface area contributed by atoms with Gasteiger partial charge in [0.2, 0.25) is 5.91 Å². The van der Waals surface area contributed by atoms with Gasteiger partial charge in [-0.25, -0.2) is 4.98 Å². The number of pyridine rings is 1. The maximum absolute atomic E-state index is 12.9. The lowest BCUT2D eigenvalue weighted by Gasteiger charge is -2.33. The number of hydrogen-bond acceptors (Lipinski definition) is 4. The van der Waals surface area contributed by atoms with Crippen molar-refractivity contribution in [1.82, 2.24) is 19.4 Å². The van der Waals surface area contributed by atoms with Crippen molar-refractivity contribution in [3.8, 4) is 0 Å². The van der Waals surface area contributed by atoms with Crippen molar-refractivity contribution in [2.75, 3.05) is 13.1 Å². The van der Waals surface area contributed by atoms with E-state index >= 15 is 0 Å². The van der Waals surface area contributed by atoms with Crippen LogP contribution in [0.2, 0.25) is 0 Å². The van der Waals surface area contributed by atoms with Crippen LogP contribution in [0.3, 0.4) is 0 Å². The van der Waals surface area contributed by atoms with Crippen LogP contribution >= 0.6 is 0 Å². The minimum atomic E-state index is 0.0605. The summed E-state index contributed by atoms with van der Waals surface area (Å²) < 4.78 is 8.00. The predicted octanol–water partition coefficient (Wildman–Crippen LogP) is 2.95. The van der Waals surface area contributed by atoms with Crippen LogP contribution in [0.4, 0.5) is 0 Å². The van der Waals surface area contributed by atoms with Crippen molar-refractivity contribution in [3.05, 3.63) is 60.2 Å². The van der Waals surface area contributed by atoms with Gasteiger partial charge in [-0.15, -0.1) is 0 Å². The molecule has 1 amide bonds. The average molecular weight is 364 g/mol. The van der Waals surface area contributed by atoms with Gasteiger partial charge in [-0.1, -0.05) is 18.2 Å². The summed E-state index contributed by atoms with van der Waals surface area (Å²) in [5.74, 6) is 0.983. The highest BCUT2D eigenvalue weighted by Crippen LogP contribution is 2.18. The standard InChI is InChI=1S/C21H24N4O2/c1-16-23-19-9-2-3-10-20(19)25(16)14-21(26)24-12-6-8-18(13-24)27-15-17-7-4-5-11-22-17/h2-5,7,9-11,18H,6,8,12-15H2,1H3. The molecule has 2 aromatic heterocycles. The van der Waals surface area contributed by atoms with Gasteiger partial charge in [0.1, 0.15) is 12.4 Å². The molecule has 140 valence electrons. The number of likely N-dealkylation sites (tertiary alicyclic amines) is 1. The first-order chi connectivity index (χ1) is 13.2. The van der Waals surface area contributed by atoms with E-state index in [2.05, 4.69) is 9.97 Å². The van der Waals surface area contributed by atoms with Gasteiger partial charge in [0.25, 0.3) is 0 Å². The summed E-state index contributed by atoms with van der Waals surface area (Å²) in [6.45, 7) is 4.17. The highest BCUT2D eigenvalue weighted by atomic mass is 16.5. The van der Waals surface area contributed by atoms with E-state index in [9.17, 15) is 4.79 Å².